The minimum atomic E-state index is -0.141. The second-order valence-electron chi connectivity index (χ2n) is 9.36. The van der Waals surface area contributed by atoms with Gasteiger partial charge in [0.25, 0.3) is 5.91 Å². The van der Waals surface area contributed by atoms with Crippen molar-refractivity contribution in [2.75, 3.05) is 77.4 Å². The maximum atomic E-state index is 13.0. The van der Waals surface area contributed by atoms with Gasteiger partial charge in [0.2, 0.25) is 5.95 Å². The van der Waals surface area contributed by atoms with Crippen LogP contribution in [0, 0.1) is 11.3 Å². The second kappa shape index (κ2) is 11.8. The zero-order valence-corrected chi connectivity index (χ0v) is 21.5. The number of rotatable bonds is 5. The Morgan fingerprint density at radius 1 is 1.08 bits per heavy atom. The quantitative estimate of drug-likeness (QED) is 0.578. The molecule has 1 atom stereocenters. The van der Waals surface area contributed by atoms with Crippen molar-refractivity contribution in [3.05, 3.63) is 29.0 Å². The average Bonchev–Trinajstić information content (AvgIpc) is 3.42. The van der Waals surface area contributed by atoms with Gasteiger partial charge in [-0.3, -0.25) is 9.69 Å². The Morgan fingerprint density at radius 2 is 1.84 bits per heavy atom. The number of anilines is 2. The van der Waals surface area contributed by atoms with E-state index in [1.54, 1.807) is 21.4 Å². The number of hydrogen-bond donors (Lipinski definition) is 1. The number of likely N-dealkylation sites (tertiary alicyclic amines) is 1. The molecule has 3 aliphatic rings. The van der Waals surface area contributed by atoms with Crippen LogP contribution in [0.4, 0.5) is 15.9 Å². The first kappa shape index (κ1) is 25.3. The molecule has 0 saturated carbocycles. The highest BCUT2D eigenvalue weighted by atomic mass is 32.1. The molecule has 1 N–H and O–H groups in total. The van der Waals surface area contributed by atoms with Crippen LogP contribution in [0.25, 0.3) is 0 Å². The van der Waals surface area contributed by atoms with E-state index in [1.165, 1.54) is 11.3 Å². The molecule has 3 amide bonds. The number of morpholine rings is 1. The summed E-state index contributed by atoms with van der Waals surface area (Å²) in [6, 6.07) is 4.17. The van der Waals surface area contributed by atoms with Crippen molar-refractivity contribution in [1.29, 1.82) is 5.26 Å². The zero-order chi connectivity index (χ0) is 25.6. The smallest absolute Gasteiger partial charge is 0.320 e. The van der Waals surface area contributed by atoms with Gasteiger partial charge in [-0.05, 0) is 25.5 Å². The number of aromatic nitrogens is 3. The molecule has 0 bridgehead atoms. The fraction of sp³-hybridized carbons (Fsp3) is 0.583. The van der Waals surface area contributed by atoms with Crippen LogP contribution in [0.5, 0.6) is 0 Å². The highest BCUT2D eigenvalue weighted by Crippen LogP contribution is 2.27. The summed E-state index contributed by atoms with van der Waals surface area (Å²) in [5, 5.41) is 14.4. The fourth-order valence-electron chi connectivity index (χ4n) is 4.94. The van der Waals surface area contributed by atoms with Crippen LogP contribution in [-0.2, 0) is 4.74 Å². The van der Waals surface area contributed by atoms with E-state index in [-0.39, 0.29) is 17.9 Å². The molecule has 196 valence electrons. The molecule has 3 fully saturated rings. The van der Waals surface area contributed by atoms with Gasteiger partial charge in [-0.1, -0.05) is 0 Å². The monoisotopic (exact) mass is 525 g/mol. The van der Waals surface area contributed by atoms with E-state index in [4.69, 9.17) is 10.00 Å². The highest BCUT2D eigenvalue weighted by molar-refractivity contribution is 7.14. The standard InChI is InChI=1S/C24H31N9O3S/c25-4-7-30-6-1-2-18(16-30)19-3-5-26-22(27-19)29-23-28-20(17-37-23)21(34)31-8-10-32(11-9-31)24(35)33-12-14-36-15-13-33/h3,5,17-18H,1-2,6-16H2,(H,26,27,28,29)/t18-/m0/s1. The van der Waals surface area contributed by atoms with Crippen LogP contribution >= 0.6 is 11.3 Å². The largest absolute Gasteiger partial charge is 0.378 e. The lowest BCUT2D eigenvalue weighted by atomic mass is 9.94. The lowest BCUT2D eigenvalue weighted by Crippen LogP contribution is -2.55. The van der Waals surface area contributed by atoms with Gasteiger partial charge in [0.1, 0.15) is 5.69 Å². The number of nitrogens with zero attached hydrogens (tertiary/aromatic N) is 8. The van der Waals surface area contributed by atoms with Crippen LogP contribution in [0.1, 0.15) is 34.9 Å². The predicted octanol–water partition coefficient (Wildman–Crippen LogP) is 1.59. The summed E-state index contributed by atoms with van der Waals surface area (Å²) in [5.41, 5.74) is 1.31. The third kappa shape index (κ3) is 6.15. The summed E-state index contributed by atoms with van der Waals surface area (Å²) in [6.45, 7) is 6.51. The van der Waals surface area contributed by atoms with Gasteiger partial charge >= 0.3 is 6.03 Å². The van der Waals surface area contributed by atoms with Gasteiger partial charge in [0.15, 0.2) is 5.13 Å². The third-order valence-corrected chi connectivity index (χ3v) is 7.71. The number of piperidine rings is 1. The van der Waals surface area contributed by atoms with Gasteiger partial charge in [-0.15, -0.1) is 11.3 Å². The van der Waals surface area contributed by atoms with Crippen molar-refractivity contribution in [1.82, 2.24) is 34.6 Å². The van der Waals surface area contributed by atoms with Crippen molar-refractivity contribution in [2.45, 2.75) is 18.8 Å². The predicted molar refractivity (Wildman–Crippen MR) is 137 cm³/mol. The van der Waals surface area contributed by atoms with Crippen LogP contribution in [-0.4, -0.2) is 119 Å². The van der Waals surface area contributed by atoms with E-state index in [0.717, 1.165) is 31.6 Å². The van der Waals surface area contributed by atoms with E-state index in [1.807, 2.05) is 11.0 Å². The lowest BCUT2D eigenvalue weighted by molar-refractivity contribution is 0.0362. The molecule has 3 saturated heterocycles. The molecular formula is C24H31N9O3S. The summed E-state index contributed by atoms with van der Waals surface area (Å²) in [4.78, 5) is 46.7. The molecule has 3 aliphatic heterocycles. The highest BCUT2D eigenvalue weighted by Gasteiger charge is 2.29. The lowest BCUT2D eigenvalue weighted by Gasteiger charge is -2.38. The molecule has 2 aromatic rings. The topological polar surface area (TPSA) is 131 Å². The number of amides is 3. The maximum Gasteiger partial charge on any atom is 0.320 e. The number of thiazole rings is 1. The van der Waals surface area contributed by atoms with Crippen LogP contribution in [0.2, 0.25) is 0 Å². The van der Waals surface area contributed by atoms with Crippen molar-refractivity contribution in [3.8, 4) is 6.07 Å². The third-order valence-electron chi connectivity index (χ3n) is 6.96. The Labute approximate surface area is 219 Å². The maximum absolute atomic E-state index is 13.0. The molecule has 0 radical (unpaired) electrons. The Balaban J connectivity index is 1.15. The number of nitriles is 1. The van der Waals surface area contributed by atoms with Gasteiger partial charge in [-0.2, -0.15) is 5.26 Å². The van der Waals surface area contributed by atoms with E-state index in [2.05, 4.69) is 31.2 Å². The van der Waals surface area contributed by atoms with Crippen LogP contribution in [0.3, 0.4) is 0 Å². The van der Waals surface area contributed by atoms with Gasteiger partial charge in [0, 0.05) is 63.3 Å². The van der Waals surface area contributed by atoms with Gasteiger partial charge in [-0.25, -0.2) is 19.7 Å². The number of carbonyl (C=O) groups is 2. The van der Waals surface area contributed by atoms with Crippen LogP contribution < -0.4 is 5.32 Å². The summed E-state index contributed by atoms with van der Waals surface area (Å²) in [5.74, 6) is 0.559. The fourth-order valence-corrected chi connectivity index (χ4v) is 5.62. The summed E-state index contributed by atoms with van der Waals surface area (Å²) < 4.78 is 5.32. The van der Waals surface area contributed by atoms with E-state index >= 15 is 0 Å². The van der Waals surface area contributed by atoms with E-state index < -0.39 is 0 Å². The molecule has 0 aliphatic carbocycles. The molecule has 5 rings (SSSR count). The second-order valence-corrected chi connectivity index (χ2v) is 10.2. The van der Waals surface area contributed by atoms with Gasteiger partial charge in [0.05, 0.1) is 31.5 Å². The Kier molecular flexibility index (Phi) is 8.08. The Morgan fingerprint density at radius 3 is 2.62 bits per heavy atom. The first-order valence-electron chi connectivity index (χ1n) is 12.7. The van der Waals surface area contributed by atoms with E-state index in [0.29, 0.717) is 75.8 Å². The zero-order valence-electron chi connectivity index (χ0n) is 20.7. The number of nitrogens with one attached hydrogen (secondary N) is 1. The number of piperazine rings is 1. The summed E-state index contributed by atoms with van der Waals surface area (Å²) in [7, 11) is 0. The summed E-state index contributed by atoms with van der Waals surface area (Å²) in [6.07, 6.45) is 3.79. The molecule has 37 heavy (non-hydrogen) atoms. The molecule has 5 heterocycles. The van der Waals surface area contributed by atoms with E-state index in [9.17, 15) is 9.59 Å². The van der Waals surface area contributed by atoms with Crippen molar-refractivity contribution in [2.24, 2.45) is 0 Å². The molecule has 0 spiro atoms. The minimum Gasteiger partial charge on any atom is -0.378 e. The number of hydrogen-bond acceptors (Lipinski definition) is 10. The normalized spacial score (nSPS) is 20.9. The molecule has 0 aromatic carbocycles. The number of carbonyl (C=O) groups excluding carboxylic acids is 2. The van der Waals surface area contributed by atoms with Gasteiger partial charge < -0.3 is 24.8 Å². The first-order valence-corrected chi connectivity index (χ1v) is 13.5. The molecule has 0 unspecified atom stereocenters. The molecule has 12 nitrogen and oxygen atoms in total. The molecule has 13 heteroatoms. The number of ether oxygens (including phenoxy) is 1. The Hall–Kier alpha value is -3.34. The molecule has 2 aromatic heterocycles. The van der Waals surface area contributed by atoms with Crippen LogP contribution in [0.15, 0.2) is 17.6 Å². The summed E-state index contributed by atoms with van der Waals surface area (Å²) >= 11 is 1.33. The van der Waals surface area contributed by atoms with Crippen molar-refractivity contribution < 1.29 is 14.3 Å². The van der Waals surface area contributed by atoms with Crippen molar-refractivity contribution >= 4 is 34.4 Å². The first-order chi connectivity index (χ1) is 18.1. The molecular weight excluding hydrogens is 494 g/mol. The van der Waals surface area contributed by atoms with Crippen molar-refractivity contribution in [3.63, 3.8) is 0 Å². The SMILES string of the molecule is N#CCN1CCC[C@H](c2ccnc(Nc3nc(C(=O)N4CCN(C(=O)N5CCOCC5)CC4)cs3)n2)C1. The Bertz CT molecular complexity index is 1140. The minimum absolute atomic E-state index is 0.0174. The number of urea groups is 1. The average molecular weight is 526 g/mol.